The number of aryl methyl sites for hydroxylation is 1. The molecule has 0 radical (unpaired) electrons. The Morgan fingerprint density at radius 3 is 2.62 bits per heavy atom. The van der Waals surface area contributed by atoms with E-state index in [-0.39, 0.29) is 0 Å². The minimum Gasteiger partial charge on any atom is -0.364 e. The average Bonchev–Trinajstić information content (AvgIpc) is 3.31. The highest BCUT2D eigenvalue weighted by atomic mass is 32.1. The van der Waals surface area contributed by atoms with Gasteiger partial charge in [-0.1, -0.05) is 24.3 Å². The minimum atomic E-state index is 0.668. The molecule has 6 heteroatoms. The van der Waals surface area contributed by atoms with Crippen molar-refractivity contribution >= 4 is 23.0 Å². The number of anilines is 1. The van der Waals surface area contributed by atoms with Gasteiger partial charge in [0.15, 0.2) is 5.96 Å². The van der Waals surface area contributed by atoms with Crippen LogP contribution in [0.25, 0.3) is 0 Å². The minimum absolute atomic E-state index is 0.668. The first-order valence-electron chi connectivity index (χ1n) is 9.05. The van der Waals surface area contributed by atoms with Crippen LogP contribution in [-0.2, 0) is 13.1 Å². The molecule has 1 aromatic heterocycles. The maximum Gasteiger partial charge on any atom is 0.194 e. The fraction of sp³-hybridized carbons (Fsp3) is 0.400. The molecule has 0 unspecified atom stereocenters. The standard InChI is InChI=1S/C20H27N5S/c1-4-21-20(24(3)14-18-15-26-16(2)23-18)22-13-17-7-9-19(10-8-17)25-11-5-6-12-25/h5-10,15H,4,11-14H2,1-3H3,(H,21,22). The van der Waals surface area contributed by atoms with Gasteiger partial charge in [0.05, 0.1) is 23.8 Å². The van der Waals surface area contributed by atoms with Gasteiger partial charge in [-0.2, -0.15) is 0 Å². The first-order chi connectivity index (χ1) is 12.7. The van der Waals surface area contributed by atoms with Crippen LogP contribution in [0.5, 0.6) is 0 Å². The molecule has 2 aromatic rings. The predicted octanol–water partition coefficient (Wildman–Crippen LogP) is 3.43. The summed E-state index contributed by atoms with van der Waals surface area (Å²) in [6.07, 6.45) is 4.42. The molecule has 1 aliphatic rings. The summed E-state index contributed by atoms with van der Waals surface area (Å²) in [4.78, 5) is 13.8. The van der Waals surface area contributed by atoms with Crippen molar-refractivity contribution in [2.45, 2.75) is 26.9 Å². The molecule has 1 aromatic carbocycles. The van der Waals surface area contributed by atoms with E-state index in [2.05, 4.69) is 75.9 Å². The molecule has 0 saturated carbocycles. The zero-order valence-corrected chi connectivity index (χ0v) is 16.6. The summed E-state index contributed by atoms with van der Waals surface area (Å²) in [5.74, 6) is 0.908. The maximum absolute atomic E-state index is 4.79. The fourth-order valence-electron chi connectivity index (χ4n) is 2.94. The number of nitrogens with one attached hydrogen (secondary N) is 1. The van der Waals surface area contributed by atoms with Crippen LogP contribution in [0.15, 0.2) is 46.8 Å². The number of thiazole rings is 1. The van der Waals surface area contributed by atoms with Crippen molar-refractivity contribution in [2.75, 3.05) is 31.6 Å². The third-order valence-electron chi connectivity index (χ3n) is 4.29. The van der Waals surface area contributed by atoms with Gasteiger partial charge in [0.2, 0.25) is 0 Å². The first kappa shape index (κ1) is 18.5. The van der Waals surface area contributed by atoms with E-state index < -0.39 is 0 Å². The molecular weight excluding hydrogens is 342 g/mol. The van der Waals surface area contributed by atoms with Crippen molar-refractivity contribution in [3.05, 3.63) is 58.1 Å². The Labute approximate surface area is 160 Å². The number of benzene rings is 1. The van der Waals surface area contributed by atoms with Crippen molar-refractivity contribution in [1.29, 1.82) is 0 Å². The van der Waals surface area contributed by atoms with Crippen LogP contribution in [0.1, 0.15) is 23.2 Å². The highest BCUT2D eigenvalue weighted by Gasteiger charge is 2.09. The predicted molar refractivity (Wildman–Crippen MR) is 111 cm³/mol. The van der Waals surface area contributed by atoms with Crippen LogP contribution in [0.4, 0.5) is 5.69 Å². The Kier molecular flexibility index (Phi) is 6.28. The van der Waals surface area contributed by atoms with Crippen molar-refractivity contribution < 1.29 is 0 Å². The summed E-state index contributed by atoms with van der Waals surface area (Å²) in [5, 5.41) is 6.58. The zero-order chi connectivity index (χ0) is 18.4. The molecule has 1 aliphatic heterocycles. The van der Waals surface area contributed by atoms with Gasteiger partial charge in [-0.15, -0.1) is 11.3 Å². The van der Waals surface area contributed by atoms with Crippen LogP contribution in [0, 0.1) is 6.92 Å². The Balaban J connectivity index is 1.62. The molecule has 138 valence electrons. The molecule has 26 heavy (non-hydrogen) atoms. The second kappa shape index (κ2) is 8.85. The lowest BCUT2D eigenvalue weighted by Gasteiger charge is -2.21. The van der Waals surface area contributed by atoms with Gasteiger partial charge >= 0.3 is 0 Å². The number of rotatable bonds is 6. The molecule has 0 aliphatic carbocycles. The first-order valence-corrected chi connectivity index (χ1v) is 9.93. The average molecular weight is 370 g/mol. The topological polar surface area (TPSA) is 43.8 Å². The normalized spacial score (nSPS) is 14.1. The number of aliphatic imine (C=N–C) groups is 1. The molecule has 0 amide bonds. The number of hydrogen-bond acceptors (Lipinski definition) is 4. The van der Waals surface area contributed by atoms with Gasteiger partial charge in [-0.25, -0.2) is 9.98 Å². The smallest absolute Gasteiger partial charge is 0.194 e. The highest BCUT2D eigenvalue weighted by molar-refractivity contribution is 7.09. The lowest BCUT2D eigenvalue weighted by Crippen LogP contribution is -2.38. The lowest BCUT2D eigenvalue weighted by molar-refractivity contribution is 0.471. The van der Waals surface area contributed by atoms with Gasteiger partial charge in [-0.3, -0.25) is 0 Å². The summed E-state index contributed by atoms with van der Waals surface area (Å²) in [5.41, 5.74) is 3.57. The fourth-order valence-corrected chi connectivity index (χ4v) is 3.54. The second-order valence-electron chi connectivity index (χ2n) is 6.43. The summed E-state index contributed by atoms with van der Waals surface area (Å²) < 4.78 is 0. The summed E-state index contributed by atoms with van der Waals surface area (Å²) >= 11 is 1.69. The molecule has 0 saturated heterocycles. The van der Waals surface area contributed by atoms with Gasteiger partial charge in [-0.05, 0) is 31.5 Å². The van der Waals surface area contributed by atoms with Crippen LogP contribution in [0.3, 0.4) is 0 Å². The Morgan fingerprint density at radius 2 is 2.00 bits per heavy atom. The van der Waals surface area contributed by atoms with E-state index in [1.165, 1.54) is 11.3 Å². The van der Waals surface area contributed by atoms with Crippen molar-refractivity contribution in [3.8, 4) is 0 Å². The number of aromatic nitrogens is 1. The molecule has 0 fully saturated rings. The molecule has 1 N–H and O–H groups in total. The molecule has 0 bridgehead atoms. The van der Waals surface area contributed by atoms with E-state index in [1.807, 2.05) is 6.92 Å². The molecule has 0 spiro atoms. The number of hydrogen-bond donors (Lipinski definition) is 1. The van der Waals surface area contributed by atoms with Gasteiger partial charge in [0.25, 0.3) is 0 Å². The summed E-state index contributed by atoms with van der Waals surface area (Å²) in [6.45, 7) is 8.41. The molecule has 5 nitrogen and oxygen atoms in total. The summed E-state index contributed by atoms with van der Waals surface area (Å²) in [6, 6.07) is 8.72. The number of nitrogens with zero attached hydrogens (tertiary/aromatic N) is 4. The quantitative estimate of drug-likeness (QED) is 0.481. The van der Waals surface area contributed by atoms with Gasteiger partial charge in [0, 0.05) is 37.7 Å². The highest BCUT2D eigenvalue weighted by Crippen LogP contribution is 2.18. The SMILES string of the molecule is CCNC(=NCc1ccc(N2CC=CC2)cc1)N(C)Cc1csc(C)n1. The maximum atomic E-state index is 4.79. The second-order valence-corrected chi connectivity index (χ2v) is 7.49. The lowest BCUT2D eigenvalue weighted by atomic mass is 10.2. The van der Waals surface area contributed by atoms with E-state index in [0.717, 1.165) is 42.8 Å². The van der Waals surface area contributed by atoms with Crippen LogP contribution in [0.2, 0.25) is 0 Å². The van der Waals surface area contributed by atoms with Crippen LogP contribution < -0.4 is 10.2 Å². The zero-order valence-electron chi connectivity index (χ0n) is 15.8. The van der Waals surface area contributed by atoms with Crippen molar-refractivity contribution in [3.63, 3.8) is 0 Å². The Hall–Kier alpha value is -2.34. The third kappa shape index (κ3) is 4.85. The molecule has 0 atom stereocenters. The molecule has 3 rings (SSSR count). The largest absolute Gasteiger partial charge is 0.364 e. The van der Waals surface area contributed by atoms with E-state index in [0.29, 0.717) is 6.54 Å². The van der Waals surface area contributed by atoms with E-state index in [1.54, 1.807) is 11.3 Å². The van der Waals surface area contributed by atoms with Crippen molar-refractivity contribution in [1.82, 2.24) is 15.2 Å². The summed E-state index contributed by atoms with van der Waals surface area (Å²) in [7, 11) is 2.06. The third-order valence-corrected chi connectivity index (χ3v) is 5.12. The molecular formula is C20H27N5S. The van der Waals surface area contributed by atoms with Crippen molar-refractivity contribution in [2.24, 2.45) is 4.99 Å². The Morgan fingerprint density at radius 1 is 1.27 bits per heavy atom. The van der Waals surface area contributed by atoms with E-state index in [9.17, 15) is 0 Å². The van der Waals surface area contributed by atoms with E-state index in [4.69, 9.17) is 4.99 Å². The molecule has 2 heterocycles. The van der Waals surface area contributed by atoms with Crippen LogP contribution in [-0.4, -0.2) is 42.5 Å². The number of guanidine groups is 1. The Bertz CT molecular complexity index is 755. The van der Waals surface area contributed by atoms with E-state index >= 15 is 0 Å². The monoisotopic (exact) mass is 369 g/mol. The van der Waals surface area contributed by atoms with Crippen LogP contribution >= 0.6 is 11.3 Å². The van der Waals surface area contributed by atoms with Gasteiger partial charge < -0.3 is 15.1 Å². The van der Waals surface area contributed by atoms with Gasteiger partial charge in [0.1, 0.15) is 0 Å².